The molecule has 1 unspecified atom stereocenters. The topological polar surface area (TPSA) is 21.3 Å². The SMILES string of the molecule is CCNC(CSc1cccc(F)c1)CC1CCOCC1. The van der Waals surface area contributed by atoms with E-state index in [2.05, 4.69) is 12.2 Å². The van der Waals surface area contributed by atoms with Crippen molar-refractivity contribution in [2.75, 3.05) is 25.5 Å². The smallest absolute Gasteiger partial charge is 0.124 e. The molecule has 1 saturated heterocycles. The minimum absolute atomic E-state index is 0.153. The maximum absolute atomic E-state index is 13.2. The number of ether oxygens (including phenoxy) is 1. The van der Waals surface area contributed by atoms with E-state index in [1.54, 1.807) is 23.9 Å². The van der Waals surface area contributed by atoms with Crippen LogP contribution in [0.1, 0.15) is 26.2 Å². The molecule has 112 valence electrons. The lowest BCUT2D eigenvalue weighted by molar-refractivity contribution is 0.0614. The van der Waals surface area contributed by atoms with Crippen molar-refractivity contribution in [2.24, 2.45) is 5.92 Å². The Morgan fingerprint density at radius 2 is 2.20 bits per heavy atom. The first-order chi connectivity index (χ1) is 9.78. The summed E-state index contributed by atoms with van der Waals surface area (Å²) in [6.45, 7) is 4.93. The van der Waals surface area contributed by atoms with Crippen LogP contribution in [0, 0.1) is 11.7 Å². The van der Waals surface area contributed by atoms with E-state index >= 15 is 0 Å². The molecular formula is C16H24FNOS. The summed E-state index contributed by atoms with van der Waals surface area (Å²) >= 11 is 1.74. The molecule has 1 aromatic carbocycles. The number of nitrogens with one attached hydrogen (secondary N) is 1. The molecule has 1 aliphatic rings. The van der Waals surface area contributed by atoms with Gasteiger partial charge in [-0.25, -0.2) is 4.39 Å². The number of rotatable bonds is 7. The largest absolute Gasteiger partial charge is 0.381 e. The predicted octanol–water partition coefficient (Wildman–Crippen LogP) is 3.71. The summed E-state index contributed by atoms with van der Waals surface area (Å²) in [5.41, 5.74) is 0. The first-order valence-corrected chi connectivity index (χ1v) is 8.46. The highest BCUT2D eigenvalue weighted by molar-refractivity contribution is 7.99. The van der Waals surface area contributed by atoms with Crippen LogP contribution in [-0.4, -0.2) is 31.6 Å². The summed E-state index contributed by atoms with van der Waals surface area (Å²) in [7, 11) is 0. The Labute approximate surface area is 125 Å². The normalized spacial score (nSPS) is 18.1. The second-order valence-corrected chi connectivity index (χ2v) is 6.41. The Hall–Kier alpha value is -0.580. The van der Waals surface area contributed by atoms with Crippen LogP contribution in [0.15, 0.2) is 29.2 Å². The van der Waals surface area contributed by atoms with Crippen molar-refractivity contribution in [3.63, 3.8) is 0 Å². The third kappa shape index (κ3) is 5.43. The summed E-state index contributed by atoms with van der Waals surface area (Å²) in [4.78, 5) is 1.01. The van der Waals surface area contributed by atoms with Gasteiger partial charge >= 0.3 is 0 Å². The molecule has 1 N–H and O–H groups in total. The lowest BCUT2D eigenvalue weighted by Crippen LogP contribution is -2.34. The van der Waals surface area contributed by atoms with Gasteiger partial charge in [0, 0.05) is 29.9 Å². The molecule has 20 heavy (non-hydrogen) atoms. The van der Waals surface area contributed by atoms with Gasteiger partial charge in [-0.05, 0) is 49.9 Å². The van der Waals surface area contributed by atoms with Crippen LogP contribution < -0.4 is 5.32 Å². The van der Waals surface area contributed by atoms with Gasteiger partial charge in [-0.2, -0.15) is 0 Å². The second kappa shape index (κ2) is 8.65. The van der Waals surface area contributed by atoms with Gasteiger partial charge in [-0.3, -0.25) is 0 Å². The summed E-state index contributed by atoms with van der Waals surface area (Å²) in [6.07, 6.45) is 3.54. The van der Waals surface area contributed by atoms with Crippen LogP contribution in [0.5, 0.6) is 0 Å². The first-order valence-electron chi connectivity index (χ1n) is 7.47. The van der Waals surface area contributed by atoms with Crippen LogP contribution in [-0.2, 0) is 4.74 Å². The molecular weight excluding hydrogens is 273 g/mol. The molecule has 0 radical (unpaired) electrons. The van der Waals surface area contributed by atoms with Crippen LogP contribution in [0.3, 0.4) is 0 Å². The van der Waals surface area contributed by atoms with Gasteiger partial charge < -0.3 is 10.1 Å². The molecule has 2 nitrogen and oxygen atoms in total. The van der Waals surface area contributed by atoms with Crippen molar-refractivity contribution in [1.82, 2.24) is 5.32 Å². The third-order valence-corrected chi connectivity index (χ3v) is 4.86. The van der Waals surface area contributed by atoms with Crippen molar-refractivity contribution in [1.29, 1.82) is 0 Å². The van der Waals surface area contributed by atoms with E-state index in [9.17, 15) is 4.39 Å². The number of benzene rings is 1. The highest BCUT2D eigenvalue weighted by Gasteiger charge is 2.19. The summed E-state index contributed by atoms with van der Waals surface area (Å²) < 4.78 is 18.6. The number of hydrogen-bond acceptors (Lipinski definition) is 3. The molecule has 0 bridgehead atoms. The summed E-state index contributed by atoms with van der Waals surface area (Å²) in [6, 6.07) is 7.36. The molecule has 1 heterocycles. The Morgan fingerprint density at radius 3 is 2.90 bits per heavy atom. The molecule has 2 rings (SSSR count). The summed E-state index contributed by atoms with van der Waals surface area (Å²) in [5.74, 6) is 1.61. The number of halogens is 1. The highest BCUT2D eigenvalue weighted by Crippen LogP contribution is 2.25. The van der Waals surface area contributed by atoms with E-state index in [1.807, 2.05) is 6.07 Å². The van der Waals surface area contributed by atoms with Crippen LogP contribution >= 0.6 is 11.8 Å². The van der Waals surface area contributed by atoms with Crippen molar-refractivity contribution in [2.45, 2.75) is 37.1 Å². The molecule has 1 atom stereocenters. The molecule has 0 amide bonds. The van der Waals surface area contributed by atoms with Gasteiger partial charge in [0.1, 0.15) is 5.82 Å². The average Bonchev–Trinajstić information content (AvgIpc) is 2.46. The average molecular weight is 297 g/mol. The molecule has 1 fully saturated rings. The van der Waals surface area contributed by atoms with E-state index in [4.69, 9.17) is 4.74 Å². The van der Waals surface area contributed by atoms with E-state index < -0.39 is 0 Å². The van der Waals surface area contributed by atoms with Crippen molar-refractivity contribution < 1.29 is 9.13 Å². The minimum Gasteiger partial charge on any atom is -0.381 e. The maximum Gasteiger partial charge on any atom is 0.124 e. The molecule has 4 heteroatoms. The fraction of sp³-hybridized carbons (Fsp3) is 0.625. The molecule has 0 saturated carbocycles. The minimum atomic E-state index is -0.153. The van der Waals surface area contributed by atoms with Crippen LogP contribution in [0.4, 0.5) is 4.39 Å². The Balaban J connectivity index is 1.81. The lowest BCUT2D eigenvalue weighted by Gasteiger charge is -2.27. The molecule has 0 spiro atoms. The van der Waals surface area contributed by atoms with Gasteiger partial charge in [0.2, 0.25) is 0 Å². The Kier molecular flexibility index (Phi) is 6.83. The second-order valence-electron chi connectivity index (χ2n) is 5.31. The van der Waals surface area contributed by atoms with Gasteiger partial charge in [-0.1, -0.05) is 13.0 Å². The summed E-state index contributed by atoms with van der Waals surface area (Å²) in [5, 5.41) is 3.56. The fourth-order valence-electron chi connectivity index (χ4n) is 2.64. The Bertz CT molecular complexity index is 396. The predicted molar refractivity (Wildman–Crippen MR) is 82.7 cm³/mol. The zero-order chi connectivity index (χ0) is 14.2. The zero-order valence-corrected chi connectivity index (χ0v) is 12.9. The quantitative estimate of drug-likeness (QED) is 0.775. The Morgan fingerprint density at radius 1 is 1.40 bits per heavy atom. The van der Waals surface area contributed by atoms with Crippen molar-refractivity contribution in [3.8, 4) is 0 Å². The molecule has 1 aliphatic heterocycles. The van der Waals surface area contributed by atoms with Gasteiger partial charge in [0.05, 0.1) is 0 Å². The highest BCUT2D eigenvalue weighted by atomic mass is 32.2. The standard InChI is InChI=1S/C16H24FNOS/c1-2-18-15(10-13-6-8-19-9-7-13)12-20-16-5-3-4-14(17)11-16/h3-5,11,13,15,18H,2,6-10,12H2,1H3. The van der Waals surface area contributed by atoms with E-state index in [-0.39, 0.29) is 5.82 Å². The fourth-order valence-corrected chi connectivity index (χ4v) is 3.66. The van der Waals surface area contributed by atoms with Crippen LogP contribution in [0.25, 0.3) is 0 Å². The van der Waals surface area contributed by atoms with E-state index in [0.29, 0.717) is 6.04 Å². The lowest BCUT2D eigenvalue weighted by atomic mass is 9.93. The number of hydrogen-bond donors (Lipinski definition) is 1. The zero-order valence-electron chi connectivity index (χ0n) is 12.1. The van der Waals surface area contributed by atoms with Gasteiger partial charge in [0.25, 0.3) is 0 Å². The first kappa shape index (κ1) is 15.8. The third-order valence-electron chi connectivity index (χ3n) is 3.70. The molecule has 0 aliphatic carbocycles. The van der Waals surface area contributed by atoms with Crippen molar-refractivity contribution >= 4 is 11.8 Å². The van der Waals surface area contributed by atoms with Gasteiger partial charge in [0.15, 0.2) is 0 Å². The van der Waals surface area contributed by atoms with E-state index in [0.717, 1.165) is 36.3 Å². The van der Waals surface area contributed by atoms with Crippen LogP contribution in [0.2, 0.25) is 0 Å². The molecule has 0 aromatic heterocycles. The van der Waals surface area contributed by atoms with Crippen molar-refractivity contribution in [3.05, 3.63) is 30.1 Å². The maximum atomic E-state index is 13.2. The monoisotopic (exact) mass is 297 g/mol. The van der Waals surface area contributed by atoms with E-state index in [1.165, 1.54) is 25.3 Å². The molecule has 1 aromatic rings. The van der Waals surface area contributed by atoms with Gasteiger partial charge in [-0.15, -0.1) is 11.8 Å². The number of thioether (sulfide) groups is 1.